The first kappa shape index (κ1) is 19.6. The summed E-state index contributed by atoms with van der Waals surface area (Å²) < 4.78 is 21.0. The normalized spacial score (nSPS) is 15.2. The van der Waals surface area contributed by atoms with E-state index in [2.05, 4.69) is 4.74 Å². The SMILES string of the molecule is COC(=O)c1ccc(COc2ccc(C=C3SC(=O)N(C)C3=O)cc2OC)o1. The third-order valence-corrected chi connectivity index (χ3v) is 4.85. The molecule has 2 heterocycles. The molecule has 0 spiro atoms. The molecule has 0 radical (unpaired) electrons. The molecule has 1 aromatic heterocycles. The van der Waals surface area contributed by atoms with Gasteiger partial charge in [0.15, 0.2) is 11.5 Å². The number of esters is 1. The van der Waals surface area contributed by atoms with Crippen LogP contribution in [0.25, 0.3) is 6.08 Å². The molecule has 0 saturated carbocycles. The summed E-state index contributed by atoms with van der Waals surface area (Å²) in [5, 5.41) is -0.312. The van der Waals surface area contributed by atoms with E-state index in [-0.39, 0.29) is 23.5 Å². The van der Waals surface area contributed by atoms with Crippen LogP contribution in [0.15, 0.2) is 39.7 Å². The maximum atomic E-state index is 12.0. The predicted octanol–water partition coefficient (Wildman–Crippen LogP) is 3.32. The van der Waals surface area contributed by atoms with Crippen molar-refractivity contribution in [2.24, 2.45) is 0 Å². The number of methoxy groups -OCH3 is 2. The van der Waals surface area contributed by atoms with Crippen molar-refractivity contribution >= 4 is 35.0 Å². The Hall–Kier alpha value is -3.20. The van der Waals surface area contributed by atoms with Crippen molar-refractivity contribution in [3.63, 3.8) is 0 Å². The molecular formula is C19H17NO7S. The molecule has 1 saturated heterocycles. The number of hydrogen-bond donors (Lipinski definition) is 0. The van der Waals surface area contributed by atoms with Gasteiger partial charge in [0.25, 0.3) is 11.1 Å². The van der Waals surface area contributed by atoms with E-state index < -0.39 is 5.97 Å². The minimum absolute atomic E-state index is 0.0847. The number of carbonyl (C=O) groups excluding carboxylic acids is 3. The average Bonchev–Trinajstić information content (AvgIpc) is 3.27. The first-order valence-corrected chi connectivity index (χ1v) is 8.94. The van der Waals surface area contributed by atoms with Crippen molar-refractivity contribution in [2.45, 2.75) is 6.61 Å². The molecule has 3 rings (SSSR count). The third kappa shape index (κ3) is 4.04. The summed E-state index contributed by atoms with van der Waals surface area (Å²) in [6.07, 6.45) is 1.62. The maximum Gasteiger partial charge on any atom is 0.373 e. The Balaban J connectivity index is 1.73. The van der Waals surface area contributed by atoms with Gasteiger partial charge in [0.2, 0.25) is 5.76 Å². The smallest absolute Gasteiger partial charge is 0.373 e. The van der Waals surface area contributed by atoms with Crippen LogP contribution >= 0.6 is 11.8 Å². The largest absolute Gasteiger partial charge is 0.493 e. The first-order valence-electron chi connectivity index (χ1n) is 8.12. The van der Waals surface area contributed by atoms with Crippen LogP contribution < -0.4 is 9.47 Å². The van der Waals surface area contributed by atoms with Gasteiger partial charge in [0, 0.05) is 7.05 Å². The summed E-state index contributed by atoms with van der Waals surface area (Å²) in [5.41, 5.74) is 0.689. The van der Waals surface area contributed by atoms with E-state index in [1.807, 2.05) is 0 Å². The molecule has 0 aliphatic carbocycles. The topological polar surface area (TPSA) is 95.3 Å². The van der Waals surface area contributed by atoms with Gasteiger partial charge in [0.05, 0.1) is 19.1 Å². The van der Waals surface area contributed by atoms with Gasteiger partial charge in [-0.2, -0.15) is 0 Å². The number of amides is 2. The van der Waals surface area contributed by atoms with Crippen LogP contribution in [0.2, 0.25) is 0 Å². The second-order valence-corrected chi connectivity index (χ2v) is 6.69. The van der Waals surface area contributed by atoms with Crippen LogP contribution in [0.1, 0.15) is 21.9 Å². The molecule has 0 atom stereocenters. The molecular weight excluding hydrogens is 386 g/mol. The Morgan fingerprint density at radius 3 is 2.61 bits per heavy atom. The van der Waals surface area contributed by atoms with E-state index in [1.54, 1.807) is 30.3 Å². The zero-order valence-corrected chi connectivity index (χ0v) is 16.2. The lowest BCUT2D eigenvalue weighted by molar-refractivity contribution is -0.121. The monoisotopic (exact) mass is 403 g/mol. The van der Waals surface area contributed by atoms with Crippen molar-refractivity contribution in [1.82, 2.24) is 4.90 Å². The predicted molar refractivity (Wildman–Crippen MR) is 101 cm³/mol. The zero-order valence-electron chi connectivity index (χ0n) is 15.4. The molecule has 9 heteroatoms. The first-order chi connectivity index (χ1) is 13.4. The Labute approximate surface area is 165 Å². The van der Waals surface area contributed by atoms with Crippen LogP contribution in [-0.4, -0.2) is 43.3 Å². The highest BCUT2D eigenvalue weighted by Gasteiger charge is 2.31. The number of ether oxygens (including phenoxy) is 3. The minimum Gasteiger partial charge on any atom is -0.493 e. The molecule has 146 valence electrons. The van der Waals surface area contributed by atoms with Crippen LogP contribution in [0.5, 0.6) is 11.5 Å². The summed E-state index contributed by atoms with van der Waals surface area (Å²) in [7, 11) is 4.21. The van der Waals surface area contributed by atoms with E-state index in [1.165, 1.54) is 27.3 Å². The van der Waals surface area contributed by atoms with Gasteiger partial charge in [-0.05, 0) is 47.7 Å². The Morgan fingerprint density at radius 1 is 1.18 bits per heavy atom. The summed E-state index contributed by atoms with van der Waals surface area (Å²) >= 11 is 0.885. The zero-order chi connectivity index (χ0) is 20.3. The van der Waals surface area contributed by atoms with E-state index in [0.29, 0.717) is 27.7 Å². The van der Waals surface area contributed by atoms with Gasteiger partial charge in [0.1, 0.15) is 12.4 Å². The van der Waals surface area contributed by atoms with Crippen LogP contribution in [-0.2, 0) is 16.1 Å². The van der Waals surface area contributed by atoms with Crippen molar-refractivity contribution < 1.29 is 33.0 Å². The number of benzene rings is 1. The van der Waals surface area contributed by atoms with Crippen molar-refractivity contribution in [1.29, 1.82) is 0 Å². The second kappa shape index (κ2) is 8.22. The number of likely N-dealkylation sites (N-methyl/N-ethyl adjacent to an activating group) is 1. The van der Waals surface area contributed by atoms with Crippen molar-refractivity contribution in [3.05, 3.63) is 52.3 Å². The fourth-order valence-corrected chi connectivity index (χ4v) is 3.23. The summed E-state index contributed by atoms with van der Waals surface area (Å²) in [4.78, 5) is 36.4. The molecule has 8 nitrogen and oxygen atoms in total. The van der Waals surface area contributed by atoms with Gasteiger partial charge in [-0.3, -0.25) is 14.5 Å². The van der Waals surface area contributed by atoms with Crippen molar-refractivity contribution in [3.8, 4) is 11.5 Å². The molecule has 0 unspecified atom stereocenters. The quantitative estimate of drug-likeness (QED) is 0.535. The number of imide groups is 1. The van der Waals surface area contributed by atoms with Crippen LogP contribution in [0, 0.1) is 0 Å². The summed E-state index contributed by atoms with van der Waals surface area (Å²) in [5.74, 6) is 0.540. The second-order valence-electron chi connectivity index (χ2n) is 5.70. The summed E-state index contributed by atoms with van der Waals surface area (Å²) in [6.45, 7) is 0.0847. The van der Waals surface area contributed by atoms with Gasteiger partial charge >= 0.3 is 5.97 Å². The lowest BCUT2D eigenvalue weighted by Crippen LogP contribution is -2.22. The number of hydrogen-bond acceptors (Lipinski definition) is 8. The van der Waals surface area contributed by atoms with Gasteiger partial charge < -0.3 is 18.6 Å². The fourth-order valence-electron chi connectivity index (χ4n) is 2.40. The highest BCUT2D eigenvalue weighted by Crippen LogP contribution is 2.34. The highest BCUT2D eigenvalue weighted by molar-refractivity contribution is 8.18. The van der Waals surface area contributed by atoms with E-state index in [0.717, 1.165) is 16.7 Å². The number of thioether (sulfide) groups is 1. The molecule has 1 fully saturated rings. The standard InChI is InChI=1S/C19H17NO7S/c1-20-17(21)16(28-19(20)23)9-11-4-6-13(15(8-11)24-2)26-10-12-5-7-14(27-12)18(22)25-3/h4-9H,10H2,1-3H3. The Kier molecular flexibility index (Phi) is 5.74. The lowest BCUT2D eigenvalue weighted by Gasteiger charge is -2.10. The molecule has 1 aliphatic heterocycles. The molecule has 0 N–H and O–H groups in total. The molecule has 1 aliphatic rings. The van der Waals surface area contributed by atoms with Gasteiger partial charge in [-0.25, -0.2) is 4.79 Å². The molecule has 0 bridgehead atoms. The van der Waals surface area contributed by atoms with Crippen LogP contribution in [0.4, 0.5) is 4.79 Å². The van der Waals surface area contributed by atoms with Gasteiger partial charge in [-0.1, -0.05) is 6.07 Å². The van der Waals surface area contributed by atoms with Crippen molar-refractivity contribution in [2.75, 3.05) is 21.3 Å². The third-order valence-electron chi connectivity index (χ3n) is 3.89. The van der Waals surface area contributed by atoms with E-state index in [4.69, 9.17) is 13.9 Å². The molecule has 2 amide bonds. The highest BCUT2D eigenvalue weighted by atomic mass is 32.2. The van der Waals surface area contributed by atoms with E-state index in [9.17, 15) is 14.4 Å². The lowest BCUT2D eigenvalue weighted by atomic mass is 10.2. The Morgan fingerprint density at radius 2 is 1.96 bits per heavy atom. The van der Waals surface area contributed by atoms with E-state index >= 15 is 0 Å². The molecule has 1 aromatic carbocycles. The number of nitrogens with zero attached hydrogens (tertiary/aromatic N) is 1. The minimum atomic E-state index is -0.565. The fraction of sp³-hybridized carbons (Fsp3) is 0.211. The Bertz CT molecular complexity index is 963. The van der Waals surface area contributed by atoms with Crippen LogP contribution in [0.3, 0.4) is 0 Å². The maximum absolute atomic E-state index is 12.0. The molecule has 28 heavy (non-hydrogen) atoms. The number of rotatable bonds is 6. The number of carbonyl (C=O) groups is 3. The number of furan rings is 1. The molecule has 2 aromatic rings. The van der Waals surface area contributed by atoms with Gasteiger partial charge in [-0.15, -0.1) is 0 Å². The summed E-state index contributed by atoms with van der Waals surface area (Å²) in [6, 6.07) is 8.25. The average molecular weight is 403 g/mol.